The normalized spacial score (nSPS) is 21.9. The molecule has 2 aromatic rings. The Morgan fingerprint density at radius 1 is 1.32 bits per heavy atom. The molecule has 1 aliphatic rings. The van der Waals surface area contributed by atoms with E-state index in [0.29, 0.717) is 5.88 Å². The van der Waals surface area contributed by atoms with Crippen molar-refractivity contribution in [2.24, 2.45) is 0 Å². The van der Waals surface area contributed by atoms with Gasteiger partial charge in [0.2, 0.25) is 5.88 Å². The highest BCUT2D eigenvalue weighted by molar-refractivity contribution is 5.25. The smallest absolute Gasteiger partial charge is 0.217 e. The summed E-state index contributed by atoms with van der Waals surface area (Å²) in [6, 6.07) is 8.04. The summed E-state index contributed by atoms with van der Waals surface area (Å²) >= 11 is 0. The van der Waals surface area contributed by atoms with Gasteiger partial charge in [0.1, 0.15) is 0 Å². The van der Waals surface area contributed by atoms with Crippen LogP contribution in [0.2, 0.25) is 0 Å². The van der Waals surface area contributed by atoms with Crippen molar-refractivity contribution in [2.45, 2.75) is 31.5 Å². The van der Waals surface area contributed by atoms with Gasteiger partial charge < -0.3 is 9.84 Å². The Morgan fingerprint density at radius 2 is 2.18 bits per heavy atom. The van der Waals surface area contributed by atoms with Gasteiger partial charge in [-0.3, -0.25) is 9.88 Å². The number of ether oxygens (including phenoxy) is 1. The van der Waals surface area contributed by atoms with Crippen LogP contribution < -0.4 is 4.74 Å². The fraction of sp³-hybridized carbons (Fsp3) is 0.412. The van der Waals surface area contributed by atoms with Crippen molar-refractivity contribution >= 4 is 0 Å². The highest BCUT2D eigenvalue weighted by Crippen LogP contribution is 2.26. The second kappa shape index (κ2) is 6.85. The van der Waals surface area contributed by atoms with Crippen LogP contribution in [0.4, 0.5) is 0 Å². The molecule has 1 N–H and O–H groups in total. The molecule has 0 saturated carbocycles. The molecule has 0 spiro atoms. The molecule has 0 aliphatic carbocycles. The Kier molecular flexibility index (Phi) is 4.65. The van der Waals surface area contributed by atoms with Crippen molar-refractivity contribution in [3.63, 3.8) is 0 Å². The number of hydrogen-bond acceptors (Lipinski definition) is 5. The SMILES string of the molecule is COc1ncccc1CN1CC[C@@H](O)[C@@H]1Cc1cccnc1. The first-order valence-corrected chi connectivity index (χ1v) is 7.57. The Hall–Kier alpha value is -1.98. The third kappa shape index (κ3) is 3.26. The lowest BCUT2D eigenvalue weighted by Gasteiger charge is -2.26. The summed E-state index contributed by atoms with van der Waals surface area (Å²) in [5.41, 5.74) is 2.20. The van der Waals surface area contributed by atoms with Crippen LogP contribution in [0.25, 0.3) is 0 Å². The highest BCUT2D eigenvalue weighted by atomic mass is 16.5. The second-order valence-electron chi connectivity index (χ2n) is 5.63. The molecule has 1 aliphatic heterocycles. The van der Waals surface area contributed by atoms with Gasteiger partial charge in [-0.25, -0.2) is 4.98 Å². The van der Waals surface area contributed by atoms with Crippen molar-refractivity contribution in [3.05, 3.63) is 54.0 Å². The van der Waals surface area contributed by atoms with Gasteiger partial charge in [0.25, 0.3) is 0 Å². The number of nitrogens with zero attached hydrogens (tertiary/aromatic N) is 3. The number of pyridine rings is 2. The summed E-state index contributed by atoms with van der Waals surface area (Å²) in [5, 5.41) is 10.3. The fourth-order valence-electron chi connectivity index (χ4n) is 3.07. The van der Waals surface area contributed by atoms with Gasteiger partial charge >= 0.3 is 0 Å². The highest BCUT2D eigenvalue weighted by Gasteiger charge is 2.33. The third-order valence-electron chi connectivity index (χ3n) is 4.21. The van der Waals surface area contributed by atoms with E-state index in [4.69, 9.17) is 4.74 Å². The van der Waals surface area contributed by atoms with Gasteiger partial charge in [0.15, 0.2) is 0 Å². The first-order valence-electron chi connectivity index (χ1n) is 7.57. The topological polar surface area (TPSA) is 58.5 Å². The minimum Gasteiger partial charge on any atom is -0.481 e. The van der Waals surface area contributed by atoms with Gasteiger partial charge in [-0.05, 0) is 30.5 Å². The zero-order valence-electron chi connectivity index (χ0n) is 12.7. The van der Waals surface area contributed by atoms with Crippen molar-refractivity contribution in [1.29, 1.82) is 0 Å². The predicted octanol–water partition coefficient (Wildman–Crippen LogP) is 1.66. The Bertz CT molecular complexity index is 606. The number of methoxy groups -OCH3 is 1. The van der Waals surface area contributed by atoms with Crippen LogP contribution in [0.15, 0.2) is 42.9 Å². The number of hydrogen-bond donors (Lipinski definition) is 1. The summed E-state index contributed by atoms with van der Waals surface area (Å²) in [5.74, 6) is 0.656. The molecule has 5 nitrogen and oxygen atoms in total. The minimum atomic E-state index is -0.303. The molecule has 116 valence electrons. The van der Waals surface area contributed by atoms with Gasteiger partial charge in [-0.15, -0.1) is 0 Å². The molecule has 3 heterocycles. The number of aromatic nitrogens is 2. The maximum absolute atomic E-state index is 10.3. The molecule has 0 aromatic carbocycles. The summed E-state index contributed by atoms with van der Waals surface area (Å²) in [7, 11) is 1.64. The first kappa shape index (κ1) is 14.9. The molecule has 1 saturated heterocycles. The van der Waals surface area contributed by atoms with Gasteiger partial charge in [-0.1, -0.05) is 12.1 Å². The van der Waals surface area contributed by atoms with E-state index in [1.807, 2.05) is 24.4 Å². The van der Waals surface area contributed by atoms with E-state index in [-0.39, 0.29) is 12.1 Å². The van der Waals surface area contributed by atoms with E-state index in [2.05, 4.69) is 20.9 Å². The fourth-order valence-corrected chi connectivity index (χ4v) is 3.07. The Labute approximate surface area is 130 Å². The van der Waals surface area contributed by atoms with E-state index in [0.717, 1.165) is 37.1 Å². The number of aliphatic hydroxyl groups excluding tert-OH is 1. The van der Waals surface area contributed by atoms with E-state index < -0.39 is 0 Å². The largest absolute Gasteiger partial charge is 0.481 e. The van der Waals surface area contributed by atoms with Gasteiger partial charge in [0.05, 0.1) is 13.2 Å². The van der Waals surface area contributed by atoms with E-state index in [1.54, 1.807) is 19.5 Å². The molecule has 22 heavy (non-hydrogen) atoms. The molecular weight excluding hydrogens is 278 g/mol. The zero-order valence-corrected chi connectivity index (χ0v) is 12.7. The molecule has 3 rings (SSSR count). The lowest BCUT2D eigenvalue weighted by molar-refractivity contribution is 0.112. The van der Waals surface area contributed by atoms with Crippen molar-refractivity contribution in [2.75, 3.05) is 13.7 Å². The Morgan fingerprint density at radius 3 is 2.95 bits per heavy atom. The molecule has 0 unspecified atom stereocenters. The molecule has 5 heteroatoms. The van der Waals surface area contributed by atoms with E-state index in [9.17, 15) is 5.11 Å². The Balaban J connectivity index is 1.74. The predicted molar refractivity (Wildman–Crippen MR) is 83.6 cm³/mol. The van der Waals surface area contributed by atoms with E-state index in [1.165, 1.54) is 0 Å². The number of aliphatic hydroxyl groups is 1. The van der Waals surface area contributed by atoms with Crippen LogP contribution in [-0.4, -0.2) is 45.8 Å². The average molecular weight is 299 g/mol. The summed E-state index contributed by atoms with van der Waals surface area (Å²) in [6.45, 7) is 1.61. The van der Waals surface area contributed by atoms with E-state index >= 15 is 0 Å². The molecule has 0 bridgehead atoms. The van der Waals surface area contributed by atoms with Crippen molar-refractivity contribution in [1.82, 2.24) is 14.9 Å². The molecule has 2 aromatic heterocycles. The maximum Gasteiger partial charge on any atom is 0.217 e. The number of likely N-dealkylation sites (tertiary alicyclic amines) is 1. The molecule has 0 amide bonds. The standard InChI is InChI=1S/C17H21N3O2/c1-22-17-14(5-3-8-19-17)12-20-9-6-16(21)15(20)10-13-4-2-7-18-11-13/h2-5,7-8,11,15-16,21H,6,9-10,12H2,1H3/t15-,16+/m0/s1. The lowest BCUT2D eigenvalue weighted by atomic mass is 10.0. The summed E-state index contributed by atoms with van der Waals surface area (Å²) in [6.07, 6.45) is 6.67. The third-order valence-corrected chi connectivity index (χ3v) is 4.21. The monoisotopic (exact) mass is 299 g/mol. The maximum atomic E-state index is 10.3. The molecule has 1 fully saturated rings. The van der Waals surface area contributed by atoms with Crippen molar-refractivity contribution < 1.29 is 9.84 Å². The molecule has 0 radical (unpaired) electrons. The first-order chi connectivity index (χ1) is 10.8. The zero-order chi connectivity index (χ0) is 15.4. The minimum absolute atomic E-state index is 0.106. The summed E-state index contributed by atoms with van der Waals surface area (Å²) < 4.78 is 5.33. The molecule has 2 atom stereocenters. The van der Waals surface area contributed by atoms with Crippen molar-refractivity contribution in [3.8, 4) is 5.88 Å². The summed E-state index contributed by atoms with van der Waals surface area (Å²) in [4.78, 5) is 10.7. The average Bonchev–Trinajstić information content (AvgIpc) is 2.89. The van der Waals surface area contributed by atoms with Crippen LogP contribution in [-0.2, 0) is 13.0 Å². The second-order valence-corrected chi connectivity index (χ2v) is 5.63. The lowest BCUT2D eigenvalue weighted by Crippen LogP contribution is -2.36. The van der Waals surface area contributed by atoms with Crippen LogP contribution in [0, 0.1) is 0 Å². The van der Waals surface area contributed by atoms with Gasteiger partial charge in [0, 0.05) is 43.3 Å². The van der Waals surface area contributed by atoms with Crippen LogP contribution in [0.3, 0.4) is 0 Å². The van der Waals surface area contributed by atoms with Gasteiger partial charge in [-0.2, -0.15) is 0 Å². The van der Waals surface area contributed by atoms with Crippen LogP contribution >= 0.6 is 0 Å². The molecular formula is C17H21N3O2. The number of rotatable bonds is 5. The van der Waals surface area contributed by atoms with Crippen LogP contribution in [0.5, 0.6) is 5.88 Å². The van der Waals surface area contributed by atoms with Crippen LogP contribution in [0.1, 0.15) is 17.5 Å². The quantitative estimate of drug-likeness (QED) is 0.910.